The van der Waals surface area contributed by atoms with Gasteiger partial charge in [0, 0.05) is 37.0 Å². The minimum absolute atomic E-state index is 0.0368. The average molecular weight is 397 g/mol. The monoisotopic (exact) mass is 397 g/mol. The van der Waals surface area contributed by atoms with Crippen molar-refractivity contribution in [2.45, 2.75) is 6.54 Å². The van der Waals surface area contributed by atoms with Gasteiger partial charge in [-0.3, -0.25) is 9.59 Å². The van der Waals surface area contributed by atoms with Crippen LogP contribution in [0.4, 0.5) is 5.69 Å². The maximum atomic E-state index is 12.9. The fourth-order valence-corrected chi connectivity index (χ4v) is 3.71. The number of carbonyl (C=O) groups excluding carboxylic acids is 2. The Morgan fingerprint density at radius 1 is 1.10 bits per heavy atom. The Bertz CT molecular complexity index is 1290. The van der Waals surface area contributed by atoms with Crippen molar-refractivity contribution in [3.63, 3.8) is 0 Å². The molecule has 0 fully saturated rings. The zero-order chi connectivity index (χ0) is 20.8. The first kappa shape index (κ1) is 18.1. The summed E-state index contributed by atoms with van der Waals surface area (Å²) in [5.41, 5.74) is 5.83. The van der Waals surface area contributed by atoms with Crippen LogP contribution in [0, 0.1) is 0 Å². The summed E-state index contributed by atoms with van der Waals surface area (Å²) in [5.74, 6) is -0.0895. The van der Waals surface area contributed by atoms with Crippen LogP contribution >= 0.6 is 0 Å². The molecule has 7 nitrogen and oxygen atoms in total. The Labute approximate surface area is 173 Å². The molecule has 0 aliphatic carbocycles. The SMILES string of the molecule is CN(C)C(=O)c1ccc(-c2cnc3[nH]cc(N4Cc5ccccc5C4=O)c3n2)cc1. The molecule has 1 aliphatic heterocycles. The maximum Gasteiger partial charge on any atom is 0.259 e. The third-order valence-corrected chi connectivity index (χ3v) is 5.31. The van der Waals surface area contributed by atoms with E-state index in [4.69, 9.17) is 4.98 Å². The van der Waals surface area contributed by atoms with Gasteiger partial charge in [-0.05, 0) is 23.8 Å². The van der Waals surface area contributed by atoms with Crippen LogP contribution in [0.15, 0.2) is 60.9 Å². The van der Waals surface area contributed by atoms with Crippen LogP contribution in [-0.2, 0) is 6.54 Å². The van der Waals surface area contributed by atoms with Crippen molar-refractivity contribution in [3.8, 4) is 11.3 Å². The van der Waals surface area contributed by atoms with Crippen LogP contribution in [0.1, 0.15) is 26.3 Å². The molecule has 30 heavy (non-hydrogen) atoms. The van der Waals surface area contributed by atoms with Crippen molar-refractivity contribution in [2.24, 2.45) is 0 Å². The number of carbonyl (C=O) groups is 2. The second-order valence-corrected chi connectivity index (χ2v) is 7.45. The van der Waals surface area contributed by atoms with Crippen molar-refractivity contribution in [1.29, 1.82) is 0 Å². The highest BCUT2D eigenvalue weighted by Crippen LogP contribution is 2.33. The van der Waals surface area contributed by atoms with Crippen LogP contribution in [-0.4, -0.2) is 45.8 Å². The van der Waals surface area contributed by atoms with Gasteiger partial charge in [0.1, 0.15) is 5.52 Å². The highest BCUT2D eigenvalue weighted by molar-refractivity contribution is 6.13. The molecular formula is C23H19N5O2. The van der Waals surface area contributed by atoms with Crippen LogP contribution in [0.25, 0.3) is 22.4 Å². The molecule has 7 heteroatoms. The summed E-state index contributed by atoms with van der Waals surface area (Å²) in [4.78, 5) is 40.6. The molecule has 0 atom stereocenters. The van der Waals surface area contributed by atoms with Crippen molar-refractivity contribution < 1.29 is 9.59 Å². The van der Waals surface area contributed by atoms with Crippen molar-refractivity contribution in [3.05, 3.63) is 77.6 Å². The fraction of sp³-hybridized carbons (Fsp3) is 0.130. The van der Waals surface area contributed by atoms with E-state index in [1.807, 2.05) is 36.4 Å². The Balaban J connectivity index is 1.52. The molecule has 3 heterocycles. The van der Waals surface area contributed by atoms with Crippen molar-refractivity contribution in [1.82, 2.24) is 19.9 Å². The number of H-pyrrole nitrogens is 1. The summed E-state index contributed by atoms with van der Waals surface area (Å²) in [6.07, 6.45) is 3.46. The van der Waals surface area contributed by atoms with Gasteiger partial charge in [-0.2, -0.15) is 0 Å². The number of hydrogen-bond donors (Lipinski definition) is 1. The molecule has 0 spiro atoms. The second-order valence-electron chi connectivity index (χ2n) is 7.45. The zero-order valence-electron chi connectivity index (χ0n) is 16.6. The predicted molar refractivity (Wildman–Crippen MR) is 114 cm³/mol. The summed E-state index contributed by atoms with van der Waals surface area (Å²) in [7, 11) is 3.45. The van der Waals surface area contributed by atoms with Gasteiger partial charge in [0.25, 0.3) is 11.8 Å². The van der Waals surface area contributed by atoms with Crippen LogP contribution < -0.4 is 4.90 Å². The van der Waals surface area contributed by atoms with Crippen molar-refractivity contribution in [2.75, 3.05) is 19.0 Å². The van der Waals surface area contributed by atoms with E-state index in [1.54, 1.807) is 43.5 Å². The molecular weight excluding hydrogens is 378 g/mol. The smallest absolute Gasteiger partial charge is 0.259 e. The van der Waals surface area contributed by atoms with E-state index in [1.165, 1.54) is 4.90 Å². The van der Waals surface area contributed by atoms with Crippen molar-refractivity contribution >= 4 is 28.7 Å². The predicted octanol–water partition coefficient (Wildman–Crippen LogP) is 3.49. The fourth-order valence-electron chi connectivity index (χ4n) is 3.71. The molecule has 0 radical (unpaired) electrons. The molecule has 1 N–H and O–H groups in total. The maximum absolute atomic E-state index is 12.9. The first-order chi connectivity index (χ1) is 14.5. The molecule has 5 rings (SSSR count). The first-order valence-electron chi connectivity index (χ1n) is 9.59. The minimum atomic E-state index is -0.0527. The van der Waals surface area contributed by atoms with E-state index in [0.29, 0.717) is 34.7 Å². The number of nitrogens with zero attached hydrogens (tertiary/aromatic N) is 4. The van der Waals surface area contributed by atoms with E-state index in [2.05, 4.69) is 9.97 Å². The summed E-state index contributed by atoms with van der Waals surface area (Å²) in [6, 6.07) is 14.9. The Kier molecular flexibility index (Phi) is 4.10. The molecule has 0 unspecified atom stereocenters. The van der Waals surface area contributed by atoms with Gasteiger partial charge in [0.15, 0.2) is 5.65 Å². The standard InChI is InChI=1S/C23H19N5O2/c1-27(2)22(29)15-9-7-14(8-10-15)18-11-24-21-20(26-18)19(12-25-21)28-13-16-5-3-4-6-17(16)23(28)30/h3-12H,13H2,1-2H3,(H,24,25). The van der Waals surface area contributed by atoms with Crippen LogP contribution in [0.3, 0.4) is 0 Å². The van der Waals surface area contributed by atoms with Gasteiger partial charge < -0.3 is 14.8 Å². The van der Waals surface area contributed by atoms with Crippen LogP contribution in [0.2, 0.25) is 0 Å². The number of amides is 2. The van der Waals surface area contributed by atoms with E-state index in [-0.39, 0.29) is 11.8 Å². The lowest BCUT2D eigenvalue weighted by atomic mass is 10.1. The molecule has 0 saturated carbocycles. The quantitative estimate of drug-likeness (QED) is 0.574. The highest BCUT2D eigenvalue weighted by Gasteiger charge is 2.30. The van der Waals surface area contributed by atoms with Gasteiger partial charge in [0.05, 0.1) is 24.1 Å². The van der Waals surface area contributed by atoms with E-state index >= 15 is 0 Å². The third kappa shape index (κ3) is 2.83. The van der Waals surface area contributed by atoms with Gasteiger partial charge in [-0.1, -0.05) is 30.3 Å². The third-order valence-electron chi connectivity index (χ3n) is 5.31. The van der Waals surface area contributed by atoms with Gasteiger partial charge in [0.2, 0.25) is 0 Å². The molecule has 0 bridgehead atoms. The normalized spacial score (nSPS) is 13.0. The van der Waals surface area contributed by atoms with Gasteiger partial charge in [-0.25, -0.2) is 9.97 Å². The molecule has 2 aromatic heterocycles. The average Bonchev–Trinajstić information content (AvgIpc) is 3.34. The zero-order valence-corrected chi connectivity index (χ0v) is 16.6. The number of fused-ring (bicyclic) bond motifs is 2. The molecule has 148 valence electrons. The number of nitrogens with one attached hydrogen (secondary N) is 1. The van der Waals surface area contributed by atoms with Crippen LogP contribution in [0.5, 0.6) is 0 Å². The van der Waals surface area contributed by atoms with E-state index < -0.39 is 0 Å². The molecule has 0 saturated heterocycles. The van der Waals surface area contributed by atoms with Gasteiger partial charge >= 0.3 is 0 Å². The number of aromatic nitrogens is 3. The largest absolute Gasteiger partial charge is 0.345 e. The molecule has 2 amide bonds. The van der Waals surface area contributed by atoms with E-state index in [9.17, 15) is 9.59 Å². The minimum Gasteiger partial charge on any atom is -0.345 e. The lowest BCUT2D eigenvalue weighted by molar-refractivity contribution is 0.0827. The summed E-state index contributed by atoms with van der Waals surface area (Å²) in [6.45, 7) is 0.509. The number of aromatic amines is 1. The topological polar surface area (TPSA) is 82.2 Å². The molecule has 2 aromatic carbocycles. The molecule has 1 aliphatic rings. The van der Waals surface area contributed by atoms with Gasteiger partial charge in [-0.15, -0.1) is 0 Å². The first-order valence-corrected chi connectivity index (χ1v) is 9.59. The summed E-state index contributed by atoms with van der Waals surface area (Å²) >= 11 is 0. The number of hydrogen-bond acceptors (Lipinski definition) is 4. The van der Waals surface area contributed by atoms with E-state index in [0.717, 1.165) is 16.7 Å². The Morgan fingerprint density at radius 3 is 2.60 bits per heavy atom. The summed E-state index contributed by atoms with van der Waals surface area (Å²) in [5, 5.41) is 0. The Morgan fingerprint density at radius 2 is 1.87 bits per heavy atom. The lowest BCUT2D eigenvalue weighted by Gasteiger charge is -2.14. The summed E-state index contributed by atoms with van der Waals surface area (Å²) < 4.78 is 0. The highest BCUT2D eigenvalue weighted by atomic mass is 16.2. The number of rotatable bonds is 3. The molecule has 4 aromatic rings. The second kappa shape index (κ2) is 6.81. The number of benzene rings is 2. The lowest BCUT2D eigenvalue weighted by Crippen LogP contribution is -2.22. The Hall–Kier alpha value is -4.00. The number of anilines is 1.